The van der Waals surface area contributed by atoms with E-state index in [4.69, 9.17) is 5.26 Å². The summed E-state index contributed by atoms with van der Waals surface area (Å²) in [6.45, 7) is 3.29. The van der Waals surface area contributed by atoms with Crippen molar-refractivity contribution >= 4 is 11.7 Å². The highest BCUT2D eigenvalue weighted by atomic mass is 16.2. The van der Waals surface area contributed by atoms with Gasteiger partial charge >= 0.3 is 5.69 Å². The van der Waals surface area contributed by atoms with Crippen LogP contribution in [-0.4, -0.2) is 56.5 Å². The van der Waals surface area contributed by atoms with Crippen molar-refractivity contribution in [3.05, 3.63) is 40.5 Å². The highest BCUT2D eigenvalue weighted by Crippen LogP contribution is 2.33. The first-order valence-electron chi connectivity index (χ1n) is 10.1. The van der Waals surface area contributed by atoms with Crippen LogP contribution in [0, 0.1) is 23.2 Å². The number of carbonyl (C=O) groups excluding carboxylic acids is 1. The summed E-state index contributed by atoms with van der Waals surface area (Å²) in [7, 11) is 1.61. The lowest BCUT2D eigenvalue weighted by molar-refractivity contribution is 0.0640. The van der Waals surface area contributed by atoms with E-state index >= 15 is 0 Å². The van der Waals surface area contributed by atoms with Crippen molar-refractivity contribution in [2.45, 2.75) is 25.7 Å². The summed E-state index contributed by atoms with van der Waals surface area (Å²) in [4.78, 5) is 39.3. The van der Waals surface area contributed by atoms with E-state index in [0.717, 1.165) is 38.2 Å². The Morgan fingerprint density at radius 1 is 1.24 bits per heavy atom. The van der Waals surface area contributed by atoms with E-state index < -0.39 is 0 Å². The van der Waals surface area contributed by atoms with Gasteiger partial charge in [-0.3, -0.25) is 9.36 Å². The second-order valence-electron chi connectivity index (χ2n) is 7.87. The van der Waals surface area contributed by atoms with Gasteiger partial charge in [-0.2, -0.15) is 5.26 Å². The molecule has 0 bridgehead atoms. The molecule has 29 heavy (non-hydrogen) atoms. The molecule has 2 aromatic heterocycles. The van der Waals surface area contributed by atoms with Crippen LogP contribution in [0.1, 0.15) is 42.0 Å². The Morgan fingerprint density at radius 3 is 2.72 bits per heavy atom. The smallest absolute Gasteiger partial charge is 0.325 e. The van der Waals surface area contributed by atoms with E-state index in [9.17, 15) is 9.59 Å². The summed E-state index contributed by atoms with van der Waals surface area (Å²) >= 11 is 0. The van der Waals surface area contributed by atoms with Crippen LogP contribution in [0.2, 0.25) is 0 Å². The van der Waals surface area contributed by atoms with Gasteiger partial charge in [0.25, 0.3) is 5.91 Å². The van der Waals surface area contributed by atoms with E-state index in [0.29, 0.717) is 30.6 Å². The average molecular weight is 395 g/mol. The minimum atomic E-state index is -0.269. The maximum Gasteiger partial charge on any atom is 0.325 e. The van der Waals surface area contributed by atoms with Crippen LogP contribution < -0.4 is 10.6 Å². The molecule has 9 heteroatoms. The molecule has 2 fully saturated rings. The first-order valence-corrected chi connectivity index (χ1v) is 10.1. The minimum Gasteiger partial charge on any atom is -0.356 e. The lowest BCUT2D eigenvalue weighted by atomic mass is 9.79. The van der Waals surface area contributed by atoms with Crippen molar-refractivity contribution in [1.82, 2.24) is 24.4 Å². The molecule has 1 unspecified atom stereocenters. The highest BCUT2D eigenvalue weighted by Gasteiger charge is 2.32. The molecule has 0 saturated carbocycles. The summed E-state index contributed by atoms with van der Waals surface area (Å²) in [5.74, 6) is 2.06. The number of aromatic amines is 1. The number of imidazole rings is 1. The average Bonchev–Trinajstić information content (AvgIpc) is 3.12. The Kier molecular flexibility index (Phi) is 5.34. The molecule has 0 radical (unpaired) electrons. The molecule has 0 aromatic carbocycles. The molecular weight excluding hydrogens is 370 g/mol. The lowest BCUT2D eigenvalue weighted by Gasteiger charge is -2.41. The van der Waals surface area contributed by atoms with Crippen LogP contribution in [0.3, 0.4) is 0 Å². The molecule has 4 rings (SSSR count). The molecule has 2 aliphatic rings. The largest absolute Gasteiger partial charge is 0.356 e. The first-order chi connectivity index (χ1) is 14.1. The number of hydrogen-bond donors (Lipinski definition) is 1. The number of nitrogens with zero attached hydrogens (tertiary/aromatic N) is 6. The van der Waals surface area contributed by atoms with E-state index in [1.807, 2.05) is 17.0 Å². The first kappa shape index (κ1) is 19.2. The van der Waals surface area contributed by atoms with Gasteiger partial charge in [0.2, 0.25) is 5.82 Å². The Labute approximate surface area is 169 Å². The zero-order chi connectivity index (χ0) is 20.4. The van der Waals surface area contributed by atoms with Gasteiger partial charge in [-0.1, -0.05) is 0 Å². The van der Waals surface area contributed by atoms with Crippen molar-refractivity contribution in [3.8, 4) is 6.07 Å². The van der Waals surface area contributed by atoms with E-state index in [1.54, 1.807) is 13.2 Å². The second-order valence-corrected chi connectivity index (χ2v) is 7.87. The Bertz CT molecular complexity index is 981. The third-order valence-corrected chi connectivity index (χ3v) is 6.23. The Morgan fingerprint density at radius 2 is 2.03 bits per heavy atom. The summed E-state index contributed by atoms with van der Waals surface area (Å²) in [5.41, 5.74) is 0.143. The van der Waals surface area contributed by atoms with E-state index in [1.165, 1.54) is 17.2 Å². The van der Waals surface area contributed by atoms with Crippen LogP contribution in [0.4, 0.5) is 5.82 Å². The predicted octanol–water partition coefficient (Wildman–Crippen LogP) is 1.14. The monoisotopic (exact) mass is 395 g/mol. The fourth-order valence-electron chi connectivity index (χ4n) is 4.56. The minimum absolute atomic E-state index is 0.0837. The number of amides is 1. The molecule has 4 heterocycles. The summed E-state index contributed by atoms with van der Waals surface area (Å²) in [6, 6.07) is 3.87. The lowest BCUT2D eigenvalue weighted by Crippen LogP contribution is -2.45. The molecule has 2 saturated heterocycles. The number of nitriles is 1. The molecule has 1 N–H and O–H groups in total. The number of anilines is 1. The van der Waals surface area contributed by atoms with Crippen molar-refractivity contribution in [2.24, 2.45) is 18.9 Å². The van der Waals surface area contributed by atoms with Crippen LogP contribution in [0.5, 0.6) is 0 Å². The quantitative estimate of drug-likeness (QED) is 0.834. The van der Waals surface area contributed by atoms with Gasteiger partial charge in [-0.15, -0.1) is 0 Å². The second kappa shape index (κ2) is 8.07. The topological polar surface area (TPSA) is 111 Å². The van der Waals surface area contributed by atoms with Gasteiger partial charge in [-0.05, 0) is 43.6 Å². The van der Waals surface area contributed by atoms with E-state index in [-0.39, 0.29) is 17.4 Å². The zero-order valence-corrected chi connectivity index (χ0v) is 16.5. The van der Waals surface area contributed by atoms with Gasteiger partial charge in [-0.25, -0.2) is 14.8 Å². The number of nitrogens with one attached hydrogen (secondary N) is 1. The Hall–Kier alpha value is -3.15. The normalized spacial score (nSPS) is 20.5. The number of likely N-dealkylation sites (tertiary alicyclic amines) is 1. The van der Waals surface area contributed by atoms with Gasteiger partial charge in [0.05, 0.1) is 0 Å². The molecule has 1 atom stereocenters. The maximum atomic E-state index is 12.7. The number of H-pyrrole nitrogens is 1. The van der Waals surface area contributed by atoms with Crippen LogP contribution in [0.15, 0.2) is 23.3 Å². The molecule has 9 nitrogen and oxygen atoms in total. The van der Waals surface area contributed by atoms with Crippen LogP contribution >= 0.6 is 0 Å². The summed E-state index contributed by atoms with van der Waals surface area (Å²) < 4.78 is 1.37. The fraction of sp³-hybridized carbons (Fsp3) is 0.550. The van der Waals surface area contributed by atoms with Crippen molar-refractivity contribution in [3.63, 3.8) is 0 Å². The molecule has 152 valence electrons. The van der Waals surface area contributed by atoms with Crippen molar-refractivity contribution in [2.75, 3.05) is 31.1 Å². The molecular formula is C20H25N7O2. The standard InChI is InChI=1S/C20H25N7O2/c1-25-16(12-23-20(25)29)19(28)26-9-5-14(6-10-26)15-3-2-8-27(13-15)18-4-7-22-17(11-21)24-18/h4,7,12,14-15H,2-3,5-6,8-10,13H2,1H3,(H,23,29). The number of rotatable bonds is 3. The van der Waals surface area contributed by atoms with Gasteiger partial charge in [0.1, 0.15) is 17.6 Å². The third-order valence-electron chi connectivity index (χ3n) is 6.23. The predicted molar refractivity (Wildman–Crippen MR) is 106 cm³/mol. The van der Waals surface area contributed by atoms with Crippen molar-refractivity contribution < 1.29 is 4.79 Å². The van der Waals surface area contributed by atoms with E-state index in [2.05, 4.69) is 19.9 Å². The van der Waals surface area contributed by atoms with Crippen molar-refractivity contribution in [1.29, 1.82) is 5.26 Å². The fourth-order valence-corrected chi connectivity index (χ4v) is 4.56. The molecule has 2 aliphatic heterocycles. The summed E-state index contributed by atoms with van der Waals surface area (Å²) in [6.07, 6.45) is 7.35. The molecule has 2 aromatic rings. The molecule has 0 spiro atoms. The van der Waals surface area contributed by atoms with Gasteiger partial charge in [0, 0.05) is 45.6 Å². The number of hydrogen-bond acceptors (Lipinski definition) is 6. The van der Waals surface area contributed by atoms with Gasteiger partial charge < -0.3 is 14.8 Å². The van der Waals surface area contributed by atoms with Crippen LogP contribution in [0.25, 0.3) is 0 Å². The SMILES string of the molecule is Cn1c(C(=O)N2CCC(C3CCCN(c4ccnc(C#N)n4)C3)CC2)c[nH]c1=O. The number of aromatic nitrogens is 4. The zero-order valence-electron chi connectivity index (χ0n) is 16.5. The van der Waals surface area contributed by atoms with Crippen LogP contribution in [-0.2, 0) is 7.05 Å². The number of carbonyl (C=O) groups is 1. The maximum absolute atomic E-state index is 12.7. The molecule has 1 amide bonds. The summed E-state index contributed by atoms with van der Waals surface area (Å²) in [5, 5.41) is 9.04. The molecule has 0 aliphatic carbocycles. The number of piperidine rings is 2. The third kappa shape index (κ3) is 3.88. The Balaban J connectivity index is 1.37. The van der Waals surface area contributed by atoms with Gasteiger partial charge in [0.15, 0.2) is 0 Å². The highest BCUT2D eigenvalue weighted by molar-refractivity contribution is 5.92.